The topological polar surface area (TPSA) is 83.5 Å². The van der Waals surface area contributed by atoms with Gasteiger partial charge in [-0.3, -0.25) is 9.52 Å². The molecule has 1 rings (SSSR count). The van der Waals surface area contributed by atoms with Crippen LogP contribution in [0.4, 0.5) is 10.1 Å². The molecule has 0 spiro atoms. The average molecular weight is 275 g/mol. The van der Waals surface area contributed by atoms with Gasteiger partial charge in [-0.15, -0.1) is 0 Å². The molecule has 1 aromatic rings. The molecule has 0 saturated carbocycles. The number of hydrogen-bond donors (Lipinski definition) is 2. The van der Waals surface area contributed by atoms with Crippen LogP contribution in [-0.2, 0) is 14.8 Å². The first-order valence-electron chi connectivity index (χ1n) is 5.28. The van der Waals surface area contributed by atoms with Crippen molar-refractivity contribution in [3.05, 3.63) is 29.6 Å². The minimum atomic E-state index is -3.60. The van der Waals surface area contributed by atoms with E-state index in [2.05, 4.69) is 4.72 Å². The van der Waals surface area contributed by atoms with Gasteiger partial charge in [-0.2, -0.15) is 0 Å². The van der Waals surface area contributed by atoms with Gasteiger partial charge in [0.1, 0.15) is 5.82 Å². The Morgan fingerprint density at radius 3 is 2.67 bits per heavy atom. The Balaban J connectivity index is 2.67. The summed E-state index contributed by atoms with van der Waals surface area (Å²) in [6.45, 7) is 1.58. The van der Waals surface area contributed by atoms with Crippen molar-refractivity contribution in [1.82, 2.24) is 0 Å². The lowest BCUT2D eigenvalue weighted by atomic mass is 10.2. The van der Waals surface area contributed by atoms with Crippen LogP contribution in [0.1, 0.15) is 18.4 Å². The Morgan fingerprint density at radius 2 is 2.11 bits per heavy atom. The van der Waals surface area contributed by atoms with Crippen LogP contribution in [0.25, 0.3) is 0 Å². The number of rotatable bonds is 6. The lowest BCUT2D eigenvalue weighted by Crippen LogP contribution is -2.18. The Bertz CT molecular complexity index is 542. The molecule has 0 radical (unpaired) electrons. The Hall–Kier alpha value is -1.63. The van der Waals surface area contributed by atoms with Crippen molar-refractivity contribution >= 4 is 21.7 Å². The summed E-state index contributed by atoms with van der Waals surface area (Å²) in [5, 5.41) is 8.42. The van der Waals surface area contributed by atoms with E-state index in [0.29, 0.717) is 11.3 Å². The lowest BCUT2D eigenvalue weighted by molar-refractivity contribution is -0.137. The summed E-state index contributed by atoms with van der Waals surface area (Å²) in [7, 11) is -3.60. The van der Waals surface area contributed by atoms with Crippen molar-refractivity contribution in [2.24, 2.45) is 0 Å². The number of hydrogen-bond acceptors (Lipinski definition) is 3. The number of benzene rings is 1. The van der Waals surface area contributed by atoms with Crippen LogP contribution in [-0.4, -0.2) is 25.2 Å². The van der Waals surface area contributed by atoms with E-state index in [9.17, 15) is 17.6 Å². The lowest BCUT2D eigenvalue weighted by Gasteiger charge is -2.10. The van der Waals surface area contributed by atoms with E-state index >= 15 is 0 Å². The number of carboxylic acid groups (broad SMARTS) is 1. The fourth-order valence-corrected chi connectivity index (χ4v) is 2.56. The summed E-state index contributed by atoms with van der Waals surface area (Å²) < 4.78 is 38.4. The molecule has 18 heavy (non-hydrogen) atoms. The quantitative estimate of drug-likeness (QED) is 0.828. The number of nitrogens with one attached hydrogen (secondary N) is 1. The summed E-state index contributed by atoms with van der Waals surface area (Å²) in [5.74, 6) is -1.76. The minimum Gasteiger partial charge on any atom is -0.481 e. The van der Waals surface area contributed by atoms with Gasteiger partial charge in [0.25, 0.3) is 0 Å². The van der Waals surface area contributed by atoms with E-state index in [1.165, 1.54) is 12.1 Å². The molecule has 0 aliphatic carbocycles. The predicted octanol–water partition coefficient (Wildman–Crippen LogP) is 1.74. The van der Waals surface area contributed by atoms with Gasteiger partial charge in [-0.05, 0) is 37.1 Å². The zero-order valence-corrected chi connectivity index (χ0v) is 10.6. The zero-order chi connectivity index (χ0) is 13.8. The molecule has 7 heteroatoms. The maximum absolute atomic E-state index is 12.8. The first-order valence-corrected chi connectivity index (χ1v) is 6.94. The molecule has 5 nitrogen and oxygen atoms in total. The highest BCUT2D eigenvalue weighted by atomic mass is 32.2. The van der Waals surface area contributed by atoms with E-state index in [4.69, 9.17) is 5.11 Å². The van der Waals surface area contributed by atoms with Crippen LogP contribution in [0, 0.1) is 12.7 Å². The van der Waals surface area contributed by atoms with Crippen molar-refractivity contribution in [2.45, 2.75) is 19.8 Å². The SMILES string of the molecule is Cc1cc(F)ccc1NS(=O)(=O)CCCC(=O)O. The number of sulfonamides is 1. The van der Waals surface area contributed by atoms with Gasteiger partial charge in [-0.1, -0.05) is 0 Å². The van der Waals surface area contributed by atoms with E-state index in [1.54, 1.807) is 6.92 Å². The molecule has 0 bridgehead atoms. The van der Waals surface area contributed by atoms with Crippen LogP contribution in [0.2, 0.25) is 0 Å². The maximum atomic E-state index is 12.8. The second-order valence-corrected chi connectivity index (χ2v) is 5.72. The molecule has 1 aromatic carbocycles. The largest absolute Gasteiger partial charge is 0.481 e. The van der Waals surface area contributed by atoms with Gasteiger partial charge in [-0.25, -0.2) is 12.8 Å². The van der Waals surface area contributed by atoms with E-state index in [1.807, 2.05) is 0 Å². The molecule has 0 atom stereocenters. The molecule has 0 fully saturated rings. The van der Waals surface area contributed by atoms with Crippen LogP contribution >= 0.6 is 0 Å². The van der Waals surface area contributed by atoms with Crippen LogP contribution in [0.5, 0.6) is 0 Å². The first kappa shape index (κ1) is 14.4. The molecule has 0 aromatic heterocycles. The number of carboxylic acids is 1. The number of aryl methyl sites for hydroxylation is 1. The molecule has 0 amide bonds. The van der Waals surface area contributed by atoms with Crippen molar-refractivity contribution in [3.8, 4) is 0 Å². The number of aliphatic carboxylic acids is 1. The molecular formula is C11H14FNO4S. The molecule has 2 N–H and O–H groups in total. The highest BCUT2D eigenvalue weighted by Gasteiger charge is 2.12. The Morgan fingerprint density at radius 1 is 1.44 bits per heavy atom. The molecule has 0 heterocycles. The van der Waals surface area contributed by atoms with Gasteiger partial charge in [0, 0.05) is 6.42 Å². The number of anilines is 1. The van der Waals surface area contributed by atoms with Crippen LogP contribution in [0.15, 0.2) is 18.2 Å². The van der Waals surface area contributed by atoms with Gasteiger partial charge in [0.2, 0.25) is 10.0 Å². The van der Waals surface area contributed by atoms with Gasteiger partial charge in [0.05, 0.1) is 11.4 Å². The first-order chi connectivity index (χ1) is 8.30. The second kappa shape index (κ2) is 5.81. The van der Waals surface area contributed by atoms with E-state index in [0.717, 1.165) is 6.07 Å². The average Bonchev–Trinajstić information content (AvgIpc) is 2.21. The third kappa shape index (κ3) is 4.70. The summed E-state index contributed by atoms with van der Waals surface area (Å²) in [6, 6.07) is 3.70. The minimum absolute atomic E-state index is 0.0326. The Labute approximate surface area is 105 Å². The normalized spacial score (nSPS) is 11.2. The fourth-order valence-electron chi connectivity index (χ4n) is 1.37. The van der Waals surface area contributed by atoms with Crippen molar-refractivity contribution in [2.75, 3.05) is 10.5 Å². The van der Waals surface area contributed by atoms with Crippen LogP contribution in [0.3, 0.4) is 0 Å². The third-order valence-corrected chi connectivity index (χ3v) is 3.61. The Kier molecular flexibility index (Phi) is 4.66. The molecule has 0 saturated heterocycles. The summed E-state index contributed by atoms with van der Waals surface area (Å²) in [6.07, 6.45) is -0.172. The molecule has 100 valence electrons. The highest BCUT2D eigenvalue weighted by molar-refractivity contribution is 7.92. The third-order valence-electron chi connectivity index (χ3n) is 2.26. The van der Waals surface area contributed by atoms with Crippen molar-refractivity contribution in [3.63, 3.8) is 0 Å². The number of halogens is 1. The standard InChI is InChI=1S/C11H14FNO4S/c1-8-7-9(12)4-5-10(8)13-18(16,17)6-2-3-11(14)15/h4-5,7,13H,2-3,6H2,1H3,(H,14,15). The smallest absolute Gasteiger partial charge is 0.303 e. The molecule has 0 unspecified atom stereocenters. The van der Waals surface area contributed by atoms with Crippen molar-refractivity contribution in [1.29, 1.82) is 0 Å². The fraction of sp³-hybridized carbons (Fsp3) is 0.364. The van der Waals surface area contributed by atoms with Crippen molar-refractivity contribution < 1.29 is 22.7 Å². The van der Waals surface area contributed by atoms with Crippen LogP contribution < -0.4 is 4.72 Å². The van der Waals surface area contributed by atoms with E-state index < -0.39 is 21.8 Å². The number of carbonyl (C=O) groups is 1. The molecular weight excluding hydrogens is 261 g/mol. The maximum Gasteiger partial charge on any atom is 0.303 e. The van der Waals surface area contributed by atoms with Gasteiger partial charge in [0.15, 0.2) is 0 Å². The summed E-state index contributed by atoms with van der Waals surface area (Å²) in [5.41, 5.74) is 0.767. The monoisotopic (exact) mass is 275 g/mol. The second-order valence-electron chi connectivity index (χ2n) is 3.88. The summed E-state index contributed by atoms with van der Waals surface area (Å²) >= 11 is 0. The zero-order valence-electron chi connectivity index (χ0n) is 9.81. The predicted molar refractivity (Wildman–Crippen MR) is 65.4 cm³/mol. The summed E-state index contributed by atoms with van der Waals surface area (Å²) in [4.78, 5) is 10.3. The molecule has 0 aliphatic rings. The van der Waals surface area contributed by atoms with E-state index in [-0.39, 0.29) is 18.6 Å². The van der Waals surface area contributed by atoms with Gasteiger partial charge >= 0.3 is 5.97 Å². The molecule has 0 aliphatic heterocycles. The highest BCUT2D eigenvalue weighted by Crippen LogP contribution is 2.17. The van der Waals surface area contributed by atoms with Gasteiger partial charge < -0.3 is 5.11 Å².